The molecule has 2 N–H and O–H groups in total. The molecule has 1 aromatic heterocycles. The van der Waals surface area contributed by atoms with Gasteiger partial charge in [-0.05, 0) is 43.2 Å². The van der Waals surface area contributed by atoms with E-state index in [4.69, 9.17) is 10.7 Å². The zero-order valence-corrected chi connectivity index (χ0v) is 12.8. The van der Waals surface area contributed by atoms with Gasteiger partial charge >= 0.3 is 0 Å². The SMILES string of the molecule is Cn1c(CC2(N)CCC(C)(C)CC2)nc2ccccc21. The van der Waals surface area contributed by atoms with Crippen LogP contribution in [0.1, 0.15) is 45.4 Å². The Morgan fingerprint density at radius 1 is 1.15 bits per heavy atom. The maximum Gasteiger partial charge on any atom is 0.111 e. The molecule has 1 aromatic carbocycles. The third-order valence-corrected chi connectivity index (χ3v) is 4.99. The van der Waals surface area contributed by atoms with Crippen LogP contribution in [0.2, 0.25) is 0 Å². The molecular weight excluding hydrogens is 246 g/mol. The molecule has 1 fully saturated rings. The number of rotatable bonds is 2. The van der Waals surface area contributed by atoms with Crippen molar-refractivity contribution in [1.29, 1.82) is 0 Å². The summed E-state index contributed by atoms with van der Waals surface area (Å²) in [6, 6.07) is 8.31. The first-order chi connectivity index (χ1) is 9.39. The molecule has 2 aromatic rings. The summed E-state index contributed by atoms with van der Waals surface area (Å²) in [5, 5.41) is 0. The lowest BCUT2D eigenvalue weighted by molar-refractivity contribution is 0.162. The standard InChI is InChI=1S/C17H25N3/c1-16(2)8-10-17(18,11-9-16)12-15-19-13-6-4-5-7-14(13)20(15)3/h4-7H,8-12,18H2,1-3H3. The monoisotopic (exact) mass is 271 g/mol. The van der Waals surface area contributed by atoms with Gasteiger partial charge in [-0.15, -0.1) is 0 Å². The third kappa shape index (κ3) is 2.47. The Hall–Kier alpha value is -1.35. The van der Waals surface area contributed by atoms with Crippen LogP contribution in [0.25, 0.3) is 11.0 Å². The fourth-order valence-electron chi connectivity index (χ4n) is 3.27. The fourth-order valence-corrected chi connectivity index (χ4v) is 3.27. The average molecular weight is 271 g/mol. The van der Waals surface area contributed by atoms with Crippen LogP contribution in [0.5, 0.6) is 0 Å². The van der Waals surface area contributed by atoms with Gasteiger partial charge in [0.1, 0.15) is 5.82 Å². The molecule has 0 atom stereocenters. The first-order valence-corrected chi connectivity index (χ1v) is 7.58. The molecule has 0 spiro atoms. The van der Waals surface area contributed by atoms with E-state index in [1.54, 1.807) is 0 Å². The predicted octanol–water partition coefficient (Wildman–Crippen LogP) is 3.41. The minimum atomic E-state index is -0.0787. The van der Waals surface area contributed by atoms with Gasteiger partial charge in [-0.2, -0.15) is 0 Å². The summed E-state index contributed by atoms with van der Waals surface area (Å²) in [4.78, 5) is 4.77. The quantitative estimate of drug-likeness (QED) is 0.909. The minimum Gasteiger partial charge on any atom is -0.331 e. The molecule has 20 heavy (non-hydrogen) atoms. The Bertz CT molecular complexity index is 614. The van der Waals surface area contributed by atoms with Gasteiger partial charge < -0.3 is 10.3 Å². The molecule has 3 heteroatoms. The van der Waals surface area contributed by atoms with Crippen LogP contribution < -0.4 is 5.73 Å². The van der Waals surface area contributed by atoms with Gasteiger partial charge in [0.05, 0.1) is 11.0 Å². The number of aromatic nitrogens is 2. The molecule has 1 saturated carbocycles. The summed E-state index contributed by atoms with van der Waals surface area (Å²) in [6.45, 7) is 4.70. The predicted molar refractivity (Wildman–Crippen MR) is 83.6 cm³/mol. The van der Waals surface area contributed by atoms with Gasteiger partial charge in [0.25, 0.3) is 0 Å². The Balaban J connectivity index is 1.84. The van der Waals surface area contributed by atoms with Crippen molar-refractivity contribution in [2.24, 2.45) is 18.2 Å². The van der Waals surface area contributed by atoms with Crippen LogP contribution in [0.3, 0.4) is 0 Å². The molecular formula is C17H25N3. The number of nitrogens with zero attached hydrogens (tertiary/aromatic N) is 2. The van der Waals surface area contributed by atoms with Crippen molar-refractivity contribution in [2.45, 2.75) is 51.5 Å². The van der Waals surface area contributed by atoms with Crippen LogP contribution in [-0.2, 0) is 13.5 Å². The molecule has 1 aliphatic rings. The highest BCUT2D eigenvalue weighted by atomic mass is 15.1. The number of para-hydroxylation sites is 2. The first kappa shape index (κ1) is 13.6. The molecule has 3 nitrogen and oxygen atoms in total. The highest BCUT2D eigenvalue weighted by Crippen LogP contribution is 2.40. The number of hydrogen-bond acceptors (Lipinski definition) is 2. The van der Waals surface area contributed by atoms with Crippen LogP contribution in [-0.4, -0.2) is 15.1 Å². The molecule has 3 rings (SSSR count). The smallest absolute Gasteiger partial charge is 0.111 e. The molecule has 1 aliphatic carbocycles. The number of aryl methyl sites for hydroxylation is 1. The molecule has 0 unspecified atom stereocenters. The zero-order chi connectivity index (χ0) is 14.4. The van der Waals surface area contributed by atoms with E-state index in [1.807, 2.05) is 6.07 Å². The highest BCUT2D eigenvalue weighted by Gasteiger charge is 2.36. The van der Waals surface area contributed by atoms with Gasteiger partial charge in [-0.25, -0.2) is 4.98 Å². The number of imidazole rings is 1. The van der Waals surface area contributed by atoms with Crippen molar-refractivity contribution in [3.05, 3.63) is 30.1 Å². The van der Waals surface area contributed by atoms with E-state index >= 15 is 0 Å². The third-order valence-electron chi connectivity index (χ3n) is 4.99. The van der Waals surface area contributed by atoms with Crippen LogP contribution in [0.15, 0.2) is 24.3 Å². The second kappa shape index (κ2) is 4.59. The largest absolute Gasteiger partial charge is 0.331 e. The van der Waals surface area contributed by atoms with E-state index in [0.29, 0.717) is 5.41 Å². The lowest BCUT2D eigenvalue weighted by atomic mass is 9.68. The molecule has 0 saturated heterocycles. The Kier molecular flexibility index (Phi) is 3.13. The van der Waals surface area contributed by atoms with Crippen molar-refractivity contribution in [3.63, 3.8) is 0 Å². The van der Waals surface area contributed by atoms with Gasteiger partial charge in [0.2, 0.25) is 0 Å². The summed E-state index contributed by atoms with van der Waals surface area (Å²) >= 11 is 0. The summed E-state index contributed by atoms with van der Waals surface area (Å²) < 4.78 is 2.20. The molecule has 0 amide bonds. The Labute approximate surface area is 121 Å². The summed E-state index contributed by atoms with van der Waals surface area (Å²) in [6.07, 6.45) is 5.52. The minimum absolute atomic E-state index is 0.0787. The Morgan fingerprint density at radius 3 is 2.45 bits per heavy atom. The maximum absolute atomic E-state index is 6.65. The van der Waals surface area contributed by atoms with Crippen LogP contribution >= 0.6 is 0 Å². The number of benzene rings is 1. The maximum atomic E-state index is 6.65. The van der Waals surface area contributed by atoms with Gasteiger partial charge in [-0.3, -0.25) is 0 Å². The van der Waals surface area contributed by atoms with E-state index in [1.165, 1.54) is 18.4 Å². The molecule has 0 bridgehead atoms. The second-order valence-electron chi connectivity index (χ2n) is 7.28. The fraction of sp³-hybridized carbons (Fsp3) is 0.588. The topological polar surface area (TPSA) is 43.8 Å². The van der Waals surface area contributed by atoms with Crippen LogP contribution in [0, 0.1) is 5.41 Å². The Morgan fingerprint density at radius 2 is 1.80 bits per heavy atom. The van der Waals surface area contributed by atoms with Gasteiger partial charge in [-0.1, -0.05) is 26.0 Å². The number of nitrogens with two attached hydrogens (primary N) is 1. The summed E-state index contributed by atoms with van der Waals surface area (Å²) in [7, 11) is 2.10. The summed E-state index contributed by atoms with van der Waals surface area (Å²) in [5.41, 5.74) is 9.29. The average Bonchev–Trinajstić information content (AvgIpc) is 2.71. The lowest BCUT2D eigenvalue weighted by Crippen LogP contribution is -2.47. The number of hydrogen-bond donors (Lipinski definition) is 1. The van der Waals surface area contributed by atoms with Crippen molar-refractivity contribution >= 4 is 11.0 Å². The zero-order valence-electron chi connectivity index (χ0n) is 12.8. The van der Waals surface area contributed by atoms with Crippen molar-refractivity contribution in [3.8, 4) is 0 Å². The van der Waals surface area contributed by atoms with E-state index in [2.05, 4.69) is 43.7 Å². The van der Waals surface area contributed by atoms with E-state index < -0.39 is 0 Å². The van der Waals surface area contributed by atoms with Crippen molar-refractivity contribution in [2.75, 3.05) is 0 Å². The second-order valence-corrected chi connectivity index (χ2v) is 7.28. The molecule has 0 aliphatic heterocycles. The van der Waals surface area contributed by atoms with Crippen LogP contribution in [0.4, 0.5) is 0 Å². The first-order valence-electron chi connectivity index (χ1n) is 7.58. The number of fused-ring (bicyclic) bond motifs is 1. The van der Waals surface area contributed by atoms with E-state index in [9.17, 15) is 0 Å². The van der Waals surface area contributed by atoms with E-state index in [0.717, 1.165) is 30.6 Å². The van der Waals surface area contributed by atoms with Gasteiger partial charge in [0.15, 0.2) is 0 Å². The van der Waals surface area contributed by atoms with E-state index in [-0.39, 0.29) is 5.54 Å². The highest BCUT2D eigenvalue weighted by molar-refractivity contribution is 5.75. The molecule has 1 heterocycles. The normalized spacial score (nSPS) is 21.2. The van der Waals surface area contributed by atoms with Crippen molar-refractivity contribution in [1.82, 2.24) is 9.55 Å². The van der Waals surface area contributed by atoms with Crippen molar-refractivity contribution < 1.29 is 0 Å². The molecule has 108 valence electrons. The lowest BCUT2D eigenvalue weighted by Gasteiger charge is -2.41. The summed E-state index contributed by atoms with van der Waals surface area (Å²) in [5.74, 6) is 1.12. The van der Waals surface area contributed by atoms with Gasteiger partial charge in [0, 0.05) is 19.0 Å². The molecule has 0 radical (unpaired) electrons.